The fourth-order valence-electron chi connectivity index (χ4n) is 0.594. The third-order valence-electron chi connectivity index (χ3n) is 1.28. The molecule has 0 fully saturated rings. The van der Waals surface area contributed by atoms with Crippen molar-refractivity contribution < 1.29 is 19.5 Å². The van der Waals surface area contributed by atoms with Gasteiger partial charge in [-0.3, -0.25) is 0 Å². The van der Waals surface area contributed by atoms with Gasteiger partial charge in [-0.15, -0.1) is 0 Å². The first-order chi connectivity index (χ1) is 7.50. The van der Waals surface area contributed by atoms with Crippen LogP contribution in [0.25, 0.3) is 0 Å². The number of halogens is 1. The molecule has 0 amide bonds. The lowest BCUT2D eigenvalue weighted by atomic mass is 10.5. The van der Waals surface area contributed by atoms with Crippen LogP contribution in [0.5, 0.6) is 0 Å². The first-order valence-corrected chi connectivity index (χ1v) is 4.14. The second kappa shape index (κ2) is 5.03. The molecule has 1 aromatic rings. The number of carbonyl (C=O) groups is 2. The molecule has 0 atom stereocenters. The molecule has 0 aromatic carbocycles. The Hall–Kier alpha value is -2.22. The molecule has 16 heavy (non-hydrogen) atoms. The molecule has 84 valence electrons. The van der Waals surface area contributed by atoms with Crippen molar-refractivity contribution in [2.24, 2.45) is 10.9 Å². The number of carboxylic acid groups (broad SMARTS) is 1. The summed E-state index contributed by atoms with van der Waals surface area (Å²) in [4.78, 5) is 32.7. The highest BCUT2D eigenvalue weighted by Crippen LogP contribution is 2.02. The summed E-state index contributed by atoms with van der Waals surface area (Å²) in [5, 5.41) is 11.3. The Bertz CT molecular complexity index is 444. The summed E-state index contributed by atoms with van der Waals surface area (Å²) in [6.45, 7) is 0. The highest BCUT2D eigenvalue weighted by molar-refractivity contribution is 6.33. The maximum absolute atomic E-state index is 11.2. The predicted molar refractivity (Wildman–Crippen MR) is 51.7 cm³/mol. The Morgan fingerprint density at radius 1 is 1.44 bits per heavy atom. The number of aromatic nitrogens is 2. The summed E-state index contributed by atoms with van der Waals surface area (Å²) in [5.41, 5.74) is 4.71. The van der Waals surface area contributed by atoms with E-state index in [2.05, 4.69) is 20.0 Å². The lowest BCUT2D eigenvalue weighted by Gasteiger charge is -1.96. The number of nitrogens with zero attached hydrogens (tertiary/aromatic N) is 3. The fourth-order valence-corrected chi connectivity index (χ4v) is 0.692. The standard InChI is InChI=1S/C7H5ClN4O4/c8-4-2-10-3(1-11-4)7(15)16-12-5(9)6(13)14/h1-2H,(H2,9,12)(H,13,14). The monoisotopic (exact) mass is 244 g/mol. The van der Waals surface area contributed by atoms with Crippen molar-refractivity contribution in [3.8, 4) is 0 Å². The lowest BCUT2D eigenvalue weighted by Crippen LogP contribution is -2.24. The second-order valence-corrected chi connectivity index (χ2v) is 2.77. The van der Waals surface area contributed by atoms with E-state index in [1.807, 2.05) is 0 Å². The minimum Gasteiger partial charge on any atom is -0.475 e. The molecule has 1 aromatic heterocycles. The van der Waals surface area contributed by atoms with E-state index < -0.39 is 17.8 Å². The van der Waals surface area contributed by atoms with Gasteiger partial charge in [-0.25, -0.2) is 19.6 Å². The average molecular weight is 245 g/mol. The summed E-state index contributed by atoms with van der Waals surface area (Å²) in [7, 11) is 0. The SMILES string of the molecule is NC(=NOC(=O)c1cnc(Cl)cn1)C(=O)O. The second-order valence-electron chi connectivity index (χ2n) is 2.38. The van der Waals surface area contributed by atoms with Gasteiger partial charge in [0, 0.05) is 0 Å². The molecule has 9 heteroatoms. The van der Waals surface area contributed by atoms with E-state index in [0.29, 0.717) is 0 Å². The minimum absolute atomic E-state index is 0.102. The number of carboxylic acids is 1. The van der Waals surface area contributed by atoms with Crippen molar-refractivity contribution in [1.29, 1.82) is 0 Å². The Morgan fingerprint density at radius 2 is 2.12 bits per heavy atom. The van der Waals surface area contributed by atoms with Crippen molar-refractivity contribution in [1.82, 2.24) is 9.97 Å². The third kappa shape index (κ3) is 3.17. The zero-order valence-corrected chi connectivity index (χ0v) is 8.38. The molecule has 0 aliphatic rings. The van der Waals surface area contributed by atoms with E-state index in [-0.39, 0.29) is 10.8 Å². The molecule has 0 aliphatic carbocycles. The normalized spacial score (nSPS) is 10.9. The highest BCUT2D eigenvalue weighted by Gasteiger charge is 2.11. The molecule has 1 heterocycles. The van der Waals surface area contributed by atoms with Crippen molar-refractivity contribution in [3.63, 3.8) is 0 Å². The van der Waals surface area contributed by atoms with Gasteiger partial charge in [-0.2, -0.15) is 0 Å². The molecule has 0 radical (unpaired) electrons. The van der Waals surface area contributed by atoms with Crippen LogP contribution in [0.1, 0.15) is 10.5 Å². The number of carbonyl (C=O) groups excluding carboxylic acids is 1. The number of oxime groups is 1. The molecular formula is C7H5ClN4O4. The van der Waals surface area contributed by atoms with Crippen molar-refractivity contribution in [2.75, 3.05) is 0 Å². The molecule has 0 saturated heterocycles. The van der Waals surface area contributed by atoms with Gasteiger partial charge in [0.1, 0.15) is 5.15 Å². The molecule has 8 nitrogen and oxygen atoms in total. The quantitative estimate of drug-likeness (QED) is 0.315. The molecule has 0 bridgehead atoms. The highest BCUT2D eigenvalue weighted by atomic mass is 35.5. The van der Waals surface area contributed by atoms with Crippen LogP contribution < -0.4 is 5.73 Å². The number of nitrogens with two attached hydrogens (primary N) is 1. The fraction of sp³-hybridized carbons (Fsp3) is 0. The molecule has 1 rings (SSSR count). The number of hydrogen-bond donors (Lipinski definition) is 2. The van der Waals surface area contributed by atoms with Crippen LogP contribution in [0, 0.1) is 0 Å². The van der Waals surface area contributed by atoms with Crippen molar-refractivity contribution >= 4 is 29.4 Å². The Balaban J connectivity index is 2.70. The average Bonchev–Trinajstić information content (AvgIpc) is 2.26. The lowest BCUT2D eigenvalue weighted by molar-refractivity contribution is -0.129. The number of amidine groups is 1. The Labute approximate surface area is 93.7 Å². The maximum atomic E-state index is 11.2. The maximum Gasteiger partial charge on any atom is 0.385 e. The summed E-state index contributed by atoms with van der Waals surface area (Å²) >= 11 is 5.43. The van der Waals surface area contributed by atoms with Crippen LogP contribution >= 0.6 is 11.6 Å². The molecule has 3 N–H and O–H groups in total. The smallest absolute Gasteiger partial charge is 0.385 e. The molecule has 0 unspecified atom stereocenters. The van der Waals surface area contributed by atoms with Crippen molar-refractivity contribution in [3.05, 3.63) is 23.2 Å². The van der Waals surface area contributed by atoms with Gasteiger partial charge in [0.05, 0.1) is 12.4 Å². The molecular weight excluding hydrogens is 240 g/mol. The van der Waals surface area contributed by atoms with Gasteiger partial charge >= 0.3 is 11.9 Å². The first-order valence-electron chi connectivity index (χ1n) is 3.76. The third-order valence-corrected chi connectivity index (χ3v) is 1.47. The van der Waals surface area contributed by atoms with E-state index in [1.165, 1.54) is 0 Å². The number of rotatable bonds is 2. The van der Waals surface area contributed by atoms with Gasteiger partial charge in [0.15, 0.2) is 5.69 Å². The zero-order valence-electron chi connectivity index (χ0n) is 7.62. The topological polar surface area (TPSA) is 128 Å². The van der Waals surface area contributed by atoms with E-state index in [1.54, 1.807) is 0 Å². The van der Waals surface area contributed by atoms with Crippen LogP contribution in [0.15, 0.2) is 17.5 Å². The number of hydrogen-bond acceptors (Lipinski definition) is 6. The first kappa shape index (κ1) is 11.9. The van der Waals surface area contributed by atoms with Crippen LogP contribution in [0.4, 0.5) is 0 Å². The van der Waals surface area contributed by atoms with Crippen molar-refractivity contribution in [2.45, 2.75) is 0 Å². The van der Waals surface area contributed by atoms with Gasteiger partial charge in [-0.05, 0) is 5.16 Å². The summed E-state index contributed by atoms with van der Waals surface area (Å²) in [5.74, 6) is -3.35. The van der Waals surface area contributed by atoms with E-state index in [0.717, 1.165) is 12.4 Å². The molecule has 0 spiro atoms. The van der Waals surface area contributed by atoms with Gasteiger partial charge in [0.2, 0.25) is 5.84 Å². The Kier molecular flexibility index (Phi) is 3.72. The van der Waals surface area contributed by atoms with E-state index in [9.17, 15) is 9.59 Å². The number of aliphatic carboxylic acids is 1. The summed E-state index contributed by atoms with van der Waals surface area (Å²) in [6, 6.07) is 0. The van der Waals surface area contributed by atoms with E-state index >= 15 is 0 Å². The van der Waals surface area contributed by atoms with Crippen LogP contribution in [-0.2, 0) is 9.63 Å². The zero-order chi connectivity index (χ0) is 12.1. The van der Waals surface area contributed by atoms with Gasteiger partial charge in [0.25, 0.3) is 0 Å². The van der Waals surface area contributed by atoms with Crippen LogP contribution in [-0.4, -0.2) is 32.8 Å². The molecule has 0 aliphatic heterocycles. The Morgan fingerprint density at radius 3 is 2.62 bits per heavy atom. The summed E-state index contributed by atoms with van der Waals surface area (Å²) < 4.78 is 0. The van der Waals surface area contributed by atoms with Crippen LogP contribution in [0.3, 0.4) is 0 Å². The van der Waals surface area contributed by atoms with Gasteiger partial charge in [-0.1, -0.05) is 11.6 Å². The predicted octanol–water partition coefficient (Wildman–Crippen LogP) is -0.356. The minimum atomic E-state index is -1.50. The van der Waals surface area contributed by atoms with Crippen LogP contribution in [0.2, 0.25) is 5.15 Å². The summed E-state index contributed by atoms with van der Waals surface area (Å²) in [6.07, 6.45) is 2.18. The molecule has 0 saturated carbocycles. The van der Waals surface area contributed by atoms with Gasteiger partial charge < -0.3 is 15.7 Å². The largest absolute Gasteiger partial charge is 0.475 e. The van der Waals surface area contributed by atoms with E-state index in [4.69, 9.17) is 22.4 Å².